The molecule has 0 spiro atoms. The van der Waals surface area contributed by atoms with Crippen LogP contribution in [0.5, 0.6) is 0 Å². The maximum Gasteiger partial charge on any atom is 0.235 e. The Morgan fingerprint density at radius 1 is 1.25 bits per heavy atom. The summed E-state index contributed by atoms with van der Waals surface area (Å²) in [5.74, 6) is 1.39. The van der Waals surface area contributed by atoms with Gasteiger partial charge in [-0.15, -0.1) is 0 Å². The van der Waals surface area contributed by atoms with Crippen LogP contribution in [0.25, 0.3) is 0 Å². The van der Waals surface area contributed by atoms with E-state index in [1.807, 2.05) is 0 Å². The van der Waals surface area contributed by atoms with Crippen molar-refractivity contribution in [3.05, 3.63) is 0 Å². The van der Waals surface area contributed by atoms with Gasteiger partial charge in [0.2, 0.25) is 5.91 Å². The molecule has 0 bridgehead atoms. The minimum absolute atomic E-state index is 0.110. The molecule has 16 heavy (non-hydrogen) atoms. The standard InChI is InChI=1S/C13H23NOS/c1-9(2)12(16)13(15)14-8-7-10-5-3-4-6-11(10)14/h9-12,16H,3-8H2,1-2H3. The van der Waals surface area contributed by atoms with Gasteiger partial charge in [-0.3, -0.25) is 4.79 Å². The molecule has 2 nitrogen and oxygen atoms in total. The quantitative estimate of drug-likeness (QED) is 0.737. The number of carbonyl (C=O) groups excluding carboxylic acids is 1. The number of rotatable bonds is 2. The fourth-order valence-electron chi connectivity index (χ4n) is 3.13. The van der Waals surface area contributed by atoms with E-state index in [4.69, 9.17) is 0 Å². The van der Waals surface area contributed by atoms with Crippen molar-refractivity contribution < 1.29 is 4.79 Å². The Kier molecular flexibility index (Phi) is 3.83. The van der Waals surface area contributed by atoms with Gasteiger partial charge in [0, 0.05) is 12.6 Å². The van der Waals surface area contributed by atoms with Crippen molar-refractivity contribution in [2.24, 2.45) is 11.8 Å². The van der Waals surface area contributed by atoms with Gasteiger partial charge in [-0.1, -0.05) is 26.7 Å². The summed E-state index contributed by atoms with van der Waals surface area (Å²) in [7, 11) is 0. The summed E-state index contributed by atoms with van der Waals surface area (Å²) < 4.78 is 0. The second-order valence-corrected chi connectivity index (χ2v) is 6.18. The van der Waals surface area contributed by atoms with Crippen molar-refractivity contribution in [1.29, 1.82) is 0 Å². The molecule has 1 aliphatic carbocycles. The van der Waals surface area contributed by atoms with Crippen LogP contribution in [0, 0.1) is 11.8 Å². The second-order valence-electron chi connectivity index (χ2n) is 5.62. The van der Waals surface area contributed by atoms with E-state index in [0.717, 1.165) is 12.5 Å². The molecule has 2 aliphatic rings. The lowest BCUT2D eigenvalue weighted by Crippen LogP contribution is -2.44. The summed E-state index contributed by atoms with van der Waals surface area (Å²) in [6, 6.07) is 0.537. The van der Waals surface area contributed by atoms with Gasteiger partial charge < -0.3 is 4.90 Å². The molecule has 0 aromatic heterocycles. The van der Waals surface area contributed by atoms with Crippen LogP contribution in [0.2, 0.25) is 0 Å². The first-order chi connectivity index (χ1) is 7.61. The molecule has 0 aromatic carbocycles. The fraction of sp³-hybridized carbons (Fsp3) is 0.923. The molecule has 1 heterocycles. The van der Waals surface area contributed by atoms with Crippen molar-refractivity contribution in [2.75, 3.05) is 6.54 Å². The molecule has 1 aliphatic heterocycles. The molecule has 3 heteroatoms. The Balaban J connectivity index is 2.02. The molecular weight excluding hydrogens is 218 g/mol. The van der Waals surface area contributed by atoms with E-state index in [1.54, 1.807) is 0 Å². The number of thiol groups is 1. The van der Waals surface area contributed by atoms with Crippen LogP contribution >= 0.6 is 12.6 Å². The van der Waals surface area contributed by atoms with E-state index in [9.17, 15) is 4.79 Å². The molecular formula is C13H23NOS. The van der Waals surface area contributed by atoms with Gasteiger partial charge in [-0.2, -0.15) is 12.6 Å². The van der Waals surface area contributed by atoms with Gasteiger partial charge in [-0.05, 0) is 31.1 Å². The summed E-state index contributed by atoms with van der Waals surface area (Å²) in [6.45, 7) is 5.12. The minimum Gasteiger partial charge on any atom is -0.338 e. The summed E-state index contributed by atoms with van der Waals surface area (Å²) in [6.07, 6.45) is 6.42. The fourth-order valence-corrected chi connectivity index (χ4v) is 3.28. The third-order valence-corrected chi connectivity index (χ3v) is 4.99. The number of carbonyl (C=O) groups is 1. The zero-order chi connectivity index (χ0) is 11.7. The lowest BCUT2D eigenvalue weighted by molar-refractivity contribution is -0.132. The molecule has 2 rings (SSSR count). The first-order valence-electron chi connectivity index (χ1n) is 6.60. The molecule has 0 radical (unpaired) electrons. The highest BCUT2D eigenvalue weighted by Crippen LogP contribution is 2.37. The van der Waals surface area contributed by atoms with Crippen LogP contribution < -0.4 is 0 Å². The Morgan fingerprint density at radius 3 is 2.62 bits per heavy atom. The lowest BCUT2D eigenvalue weighted by atomic mass is 9.85. The summed E-state index contributed by atoms with van der Waals surface area (Å²) in [4.78, 5) is 14.4. The number of amides is 1. The normalized spacial score (nSPS) is 31.6. The number of hydrogen-bond acceptors (Lipinski definition) is 2. The molecule has 1 saturated heterocycles. The highest BCUT2D eigenvalue weighted by atomic mass is 32.1. The molecule has 1 amide bonds. The van der Waals surface area contributed by atoms with Gasteiger partial charge in [0.25, 0.3) is 0 Å². The monoisotopic (exact) mass is 241 g/mol. The van der Waals surface area contributed by atoms with E-state index in [0.29, 0.717) is 12.0 Å². The minimum atomic E-state index is -0.110. The summed E-state index contributed by atoms with van der Waals surface area (Å²) in [5.41, 5.74) is 0. The lowest BCUT2D eigenvalue weighted by Gasteiger charge is -2.33. The van der Waals surface area contributed by atoms with Crippen molar-refractivity contribution >= 4 is 18.5 Å². The SMILES string of the molecule is CC(C)C(S)C(=O)N1CCC2CCCCC21. The maximum absolute atomic E-state index is 12.3. The van der Waals surface area contributed by atoms with Crippen LogP contribution in [-0.4, -0.2) is 28.6 Å². The van der Waals surface area contributed by atoms with Crippen molar-refractivity contribution in [3.8, 4) is 0 Å². The Labute approximate surface area is 104 Å². The van der Waals surface area contributed by atoms with Crippen molar-refractivity contribution in [3.63, 3.8) is 0 Å². The molecule has 3 atom stereocenters. The number of likely N-dealkylation sites (tertiary alicyclic amines) is 1. The van der Waals surface area contributed by atoms with Gasteiger partial charge in [-0.25, -0.2) is 0 Å². The van der Waals surface area contributed by atoms with Gasteiger partial charge in [0.05, 0.1) is 5.25 Å². The molecule has 1 saturated carbocycles. The smallest absolute Gasteiger partial charge is 0.235 e. The van der Waals surface area contributed by atoms with E-state index in [1.165, 1.54) is 32.1 Å². The zero-order valence-electron chi connectivity index (χ0n) is 10.4. The predicted molar refractivity (Wildman–Crippen MR) is 69.7 cm³/mol. The van der Waals surface area contributed by atoms with Crippen LogP contribution in [0.3, 0.4) is 0 Å². The largest absolute Gasteiger partial charge is 0.338 e. The zero-order valence-corrected chi connectivity index (χ0v) is 11.2. The first-order valence-corrected chi connectivity index (χ1v) is 7.11. The van der Waals surface area contributed by atoms with Gasteiger partial charge in [0.15, 0.2) is 0 Å². The Bertz CT molecular complexity index is 267. The Hall–Kier alpha value is -0.180. The third-order valence-electron chi connectivity index (χ3n) is 4.18. The summed E-state index contributed by atoms with van der Waals surface area (Å²) in [5, 5.41) is -0.110. The third kappa shape index (κ3) is 2.24. The molecule has 2 fully saturated rings. The van der Waals surface area contributed by atoms with Crippen LogP contribution in [0.4, 0.5) is 0 Å². The topological polar surface area (TPSA) is 20.3 Å². The number of hydrogen-bond donors (Lipinski definition) is 1. The van der Waals surface area contributed by atoms with E-state index >= 15 is 0 Å². The molecule has 0 aromatic rings. The predicted octanol–water partition coefficient (Wildman–Crippen LogP) is 2.73. The molecule has 3 unspecified atom stereocenters. The van der Waals surface area contributed by atoms with E-state index in [-0.39, 0.29) is 11.2 Å². The Morgan fingerprint density at radius 2 is 1.94 bits per heavy atom. The number of nitrogens with zero attached hydrogens (tertiary/aromatic N) is 1. The first kappa shape index (κ1) is 12.3. The van der Waals surface area contributed by atoms with Crippen molar-refractivity contribution in [2.45, 2.75) is 57.2 Å². The van der Waals surface area contributed by atoms with E-state index in [2.05, 4.69) is 31.4 Å². The highest BCUT2D eigenvalue weighted by Gasteiger charge is 2.39. The molecule has 0 N–H and O–H groups in total. The van der Waals surface area contributed by atoms with Crippen LogP contribution in [0.15, 0.2) is 0 Å². The number of fused-ring (bicyclic) bond motifs is 1. The second kappa shape index (κ2) is 4.99. The van der Waals surface area contributed by atoms with Crippen LogP contribution in [0.1, 0.15) is 46.0 Å². The highest BCUT2D eigenvalue weighted by molar-refractivity contribution is 7.81. The van der Waals surface area contributed by atoms with Crippen molar-refractivity contribution in [1.82, 2.24) is 4.90 Å². The summed E-state index contributed by atoms with van der Waals surface area (Å²) >= 11 is 4.46. The van der Waals surface area contributed by atoms with E-state index < -0.39 is 0 Å². The van der Waals surface area contributed by atoms with Gasteiger partial charge in [0.1, 0.15) is 0 Å². The van der Waals surface area contributed by atoms with Crippen LogP contribution in [-0.2, 0) is 4.79 Å². The maximum atomic E-state index is 12.3. The molecule has 92 valence electrons. The average Bonchev–Trinajstić information content (AvgIpc) is 2.70. The van der Waals surface area contributed by atoms with Gasteiger partial charge >= 0.3 is 0 Å². The average molecular weight is 241 g/mol.